The van der Waals surface area contributed by atoms with Gasteiger partial charge in [0.25, 0.3) is 0 Å². The van der Waals surface area contributed by atoms with Gasteiger partial charge in [-0.25, -0.2) is 0 Å². The Morgan fingerprint density at radius 2 is 0.316 bits per heavy atom. The van der Waals surface area contributed by atoms with E-state index in [-0.39, 0.29) is 0 Å². The van der Waals surface area contributed by atoms with Crippen molar-refractivity contribution in [3.63, 3.8) is 0 Å². The van der Waals surface area contributed by atoms with Crippen LogP contribution in [0.25, 0.3) is 129 Å². The Hall–Kier alpha value is -9.36. The number of rotatable bonds is 0. The van der Waals surface area contributed by atoms with Crippen molar-refractivity contribution in [1.82, 2.24) is 0 Å². The number of benzene rings is 16. The molecule has 0 aliphatic carbocycles. The van der Waals surface area contributed by atoms with Crippen molar-refractivity contribution in [2.75, 3.05) is 0 Å². The topological polar surface area (TPSA) is 0 Å². The summed E-state index contributed by atoms with van der Waals surface area (Å²) in [4.78, 5) is 0. The first-order valence-corrected chi connectivity index (χ1v) is 26.6. The van der Waals surface area contributed by atoms with Crippen LogP contribution >= 0.6 is 0 Å². The van der Waals surface area contributed by atoms with Gasteiger partial charge in [0, 0.05) is 0 Å². The van der Waals surface area contributed by atoms with Gasteiger partial charge in [-0.05, 0) is 168 Å². The van der Waals surface area contributed by atoms with Crippen molar-refractivity contribution < 1.29 is 0 Å². The second kappa shape index (κ2) is 19.5. The Morgan fingerprint density at radius 3 is 0.553 bits per heavy atom. The predicted octanol–water partition coefficient (Wildman–Crippen LogP) is 21.8. The average molecular weight is 969 g/mol. The van der Waals surface area contributed by atoms with Crippen LogP contribution in [0.2, 0.25) is 0 Å². The highest BCUT2D eigenvalue weighted by molar-refractivity contribution is 6.29. The van der Waals surface area contributed by atoms with Crippen LogP contribution in [0.1, 0.15) is 22.3 Å². The lowest BCUT2D eigenvalue weighted by Crippen LogP contribution is -1.85. The zero-order valence-corrected chi connectivity index (χ0v) is 43.4. The largest absolute Gasteiger partial charge is 0.0616 e. The third-order valence-electron chi connectivity index (χ3n) is 15.8. The van der Waals surface area contributed by atoms with Crippen molar-refractivity contribution >= 4 is 129 Å². The lowest BCUT2D eigenvalue weighted by molar-refractivity contribution is 1.51. The zero-order valence-electron chi connectivity index (χ0n) is 43.4. The first kappa shape index (κ1) is 46.4. The third-order valence-corrected chi connectivity index (χ3v) is 15.8. The van der Waals surface area contributed by atoms with Crippen molar-refractivity contribution in [2.45, 2.75) is 27.7 Å². The fourth-order valence-corrected chi connectivity index (χ4v) is 12.3. The molecule has 0 spiro atoms. The molecule has 0 heterocycles. The van der Waals surface area contributed by atoms with E-state index in [0.717, 1.165) is 0 Å². The van der Waals surface area contributed by atoms with E-state index in [4.69, 9.17) is 0 Å². The number of aryl methyl sites for hydroxylation is 4. The van der Waals surface area contributed by atoms with Crippen molar-refractivity contribution in [2.24, 2.45) is 0 Å². The molecule has 16 aromatic carbocycles. The van der Waals surface area contributed by atoms with Gasteiger partial charge in [0.05, 0.1) is 0 Å². The van der Waals surface area contributed by atoms with E-state index in [1.807, 2.05) is 0 Å². The standard InChI is InChI=1S/4C19H14/c2*1-13-7-6-12-18-16-9-3-2-8-14(16)15-10-4-5-11-17(15)19(13)18;2*1-13-10-11-18-16-8-3-2-6-14(16)15-7-4-5-9-17(15)19(18)12-13/h4*2-12H,1H3. The first-order chi connectivity index (χ1) is 37.4. The van der Waals surface area contributed by atoms with Crippen LogP contribution in [-0.2, 0) is 0 Å². The minimum atomic E-state index is 1.31. The smallest absolute Gasteiger partial charge is 0.00697 e. The summed E-state index contributed by atoms with van der Waals surface area (Å²) in [5, 5.41) is 32.4. The van der Waals surface area contributed by atoms with E-state index in [9.17, 15) is 0 Å². The summed E-state index contributed by atoms with van der Waals surface area (Å²) in [6.07, 6.45) is 0. The van der Waals surface area contributed by atoms with Gasteiger partial charge in [-0.15, -0.1) is 0 Å². The van der Waals surface area contributed by atoms with Gasteiger partial charge in [-0.2, -0.15) is 0 Å². The number of fused-ring (bicyclic) bond motifs is 24. The van der Waals surface area contributed by atoms with E-state index < -0.39 is 0 Å². The molecule has 0 saturated carbocycles. The fraction of sp³-hybridized carbons (Fsp3) is 0.0526. The van der Waals surface area contributed by atoms with Crippen molar-refractivity contribution in [3.05, 3.63) is 289 Å². The molecule has 0 aliphatic rings. The average Bonchev–Trinajstić information content (AvgIpc) is 3.49. The SMILES string of the molecule is Cc1ccc2c3ccccc3c3ccccc3c2c1.Cc1ccc2c3ccccc3c3ccccc3c2c1.Cc1cccc2c3ccccc3c3ccccc3c12.Cc1cccc2c3ccccc3c3ccccc3c12. The molecule has 360 valence electrons. The molecule has 0 aliphatic heterocycles. The maximum absolute atomic E-state index is 2.30. The minimum absolute atomic E-state index is 1.31. The highest BCUT2D eigenvalue weighted by atomic mass is 14.2. The van der Waals surface area contributed by atoms with E-state index in [1.165, 1.54) is 152 Å². The number of hydrogen-bond donors (Lipinski definition) is 0. The molecule has 0 saturated heterocycles. The molecular formula is C76H56. The van der Waals surface area contributed by atoms with Crippen LogP contribution in [0.4, 0.5) is 0 Å². The summed E-state index contributed by atoms with van der Waals surface area (Å²) < 4.78 is 0. The quantitative estimate of drug-likeness (QED) is 0.133. The molecule has 0 bridgehead atoms. The third kappa shape index (κ3) is 8.02. The minimum Gasteiger partial charge on any atom is -0.0616 e. The molecule has 0 aromatic heterocycles. The monoisotopic (exact) mass is 968 g/mol. The molecule has 16 rings (SSSR count). The summed E-state index contributed by atoms with van der Waals surface area (Å²) >= 11 is 0. The molecule has 76 heavy (non-hydrogen) atoms. The Morgan fingerprint density at radius 1 is 0.145 bits per heavy atom. The highest BCUT2D eigenvalue weighted by Crippen LogP contribution is 2.40. The lowest BCUT2D eigenvalue weighted by Gasteiger charge is -2.11. The van der Waals surface area contributed by atoms with E-state index >= 15 is 0 Å². The van der Waals surface area contributed by atoms with Crippen LogP contribution in [0.3, 0.4) is 0 Å². The second-order valence-corrected chi connectivity index (χ2v) is 20.5. The van der Waals surface area contributed by atoms with E-state index in [2.05, 4.69) is 295 Å². The summed E-state index contributed by atoms with van der Waals surface area (Å²) in [7, 11) is 0. The van der Waals surface area contributed by atoms with Gasteiger partial charge in [0.2, 0.25) is 0 Å². The molecule has 0 fully saturated rings. The van der Waals surface area contributed by atoms with Crippen LogP contribution < -0.4 is 0 Å². The molecule has 0 unspecified atom stereocenters. The first-order valence-electron chi connectivity index (χ1n) is 26.6. The fourth-order valence-electron chi connectivity index (χ4n) is 12.3. The maximum atomic E-state index is 2.30. The summed E-state index contributed by atoms with van der Waals surface area (Å²) in [5.41, 5.74) is 5.32. The normalized spacial score (nSPS) is 11.4. The molecule has 0 amide bonds. The molecule has 0 nitrogen and oxygen atoms in total. The summed E-state index contributed by atoms with van der Waals surface area (Å²) in [6, 6.07) is 96.2. The van der Waals surface area contributed by atoms with E-state index in [0.29, 0.717) is 0 Å². The Labute approximate surface area is 443 Å². The molecule has 0 atom stereocenters. The van der Waals surface area contributed by atoms with Crippen LogP contribution in [0.5, 0.6) is 0 Å². The van der Waals surface area contributed by atoms with Crippen molar-refractivity contribution in [1.29, 1.82) is 0 Å². The maximum Gasteiger partial charge on any atom is -0.00697 e. The summed E-state index contributed by atoms with van der Waals surface area (Å²) in [6.45, 7) is 8.71. The predicted molar refractivity (Wildman–Crippen MR) is 335 cm³/mol. The summed E-state index contributed by atoms with van der Waals surface area (Å²) in [5.74, 6) is 0. The zero-order chi connectivity index (χ0) is 51.3. The van der Waals surface area contributed by atoms with E-state index in [1.54, 1.807) is 0 Å². The molecule has 16 aromatic rings. The van der Waals surface area contributed by atoms with Gasteiger partial charge in [0.15, 0.2) is 0 Å². The van der Waals surface area contributed by atoms with Gasteiger partial charge >= 0.3 is 0 Å². The van der Waals surface area contributed by atoms with Gasteiger partial charge in [-0.1, -0.05) is 278 Å². The van der Waals surface area contributed by atoms with Gasteiger partial charge in [-0.3, -0.25) is 0 Å². The van der Waals surface area contributed by atoms with Crippen LogP contribution in [-0.4, -0.2) is 0 Å². The lowest BCUT2D eigenvalue weighted by atomic mass is 9.92. The van der Waals surface area contributed by atoms with Crippen molar-refractivity contribution in [3.8, 4) is 0 Å². The van der Waals surface area contributed by atoms with Crippen LogP contribution in [0, 0.1) is 27.7 Å². The molecule has 0 N–H and O–H groups in total. The highest BCUT2D eigenvalue weighted by Gasteiger charge is 2.12. The molecular weight excluding hydrogens is 913 g/mol. The molecule has 0 radical (unpaired) electrons. The van der Waals surface area contributed by atoms with Crippen LogP contribution in [0.15, 0.2) is 267 Å². The second-order valence-electron chi connectivity index (χ2n) is 20.5. The van der Waals surface area contributed by atoms with Gasteiger partial charge in [0.1, 0.15) is 0 Å². The van der Waals surface area contributed by atoms with Gasteiger partial charge < -0.3 is 0 Å². The molecule has 0 heteroatoms. The Bertz CT molecular complexity index is 4330. The number of hydrogen-bond acceptors (Lipinski definition) is 0. The Balaban J connectivity index is 0.0000000970. The Kier molecular flexibility index (Phi) is 11.9.